The number of rotatable bonds is 3. The number of ether oxygens (including phenoxy) is 1. The summed E-state index contributed by atoms with van der Waals surface area (Å²) in [7, 11) is 0. The summed E-state index contributed by atoms with van der Waals surface area (Å²) in [5.74, 6) is 0.703. The lowest BCUT2D eigenvalue weighted by atomic mass is 9.89. The van der Waals surface area contributed by atoms with Gasteiger partial charge in [-0.2, -0.15) is 5.10 Å². The third-order valence-corrected chi connectivity index (χ3v) is 4.22. The fourth-order valence-corrected chi connectivity index (χ4v) is 3.21. The molecule has 0 aliphatic carbocycles. The first-order valence-corrected chi connectivity index (χ1v) is 8.12. The average molecular weight is 328 g/mol. The van der Waals surface area contributed by atoms with Gasteiger partial charge in [0.1, 0.15) is 17.9 Å². The minimum absolute atomic E-state index is 0.0720. The molecule has 1 aliphatic heterocycles. The van der Waals surface area contributed by atoms with Gasteiger partial charge in [-0.1, -0.05) is 0 Å². The van der Waals surface area contributed by atoms with Crippen molar-refractivity contribution in [3.63, 3.8) is 0 Å². The van der Waals surface area contributed by atoms with Gasteiger partial charge in [0.2, 0.25) is 5.91 Å². The minimum Gasteiger partial charge on any atom is -0.487 e. The van der Waals surface area contributed by atoms with Crippen LogP contribution in [0.3, 0.4) is 0 Å². The predicted octanol–water partition coefficient (Wildman–Crippen LogP) is 2.50. The Kier molecular flexibility index (Phi) is 3.99. The number of aryl methyl sites for hydroxylation is 2. The zero-order chi connectivity index (χ0) is 17.5. The first kappa shape index (κ1) is 16.4. The number of nitrogens with two attached hydrogens (primary N) is 1. The zero-order valence-electron chi connectivity index (χ0n) is 14.6. The van der Waals surface area contributed by atoms with Crippen LogP contribution in [-0.2, 0) is 11.3 Å². The van der Waals surface area contributed by atoms with E-state index >= 15 is 0 Å². The number of fused-ring (bicyclic) bond motifs is 1. The van der Waals surface area contributed by atoms with Crippen LogP contribution in [0.5, 0.6) is 5.75 Å². The standard InChI is InChI=1S/C18H24N4O2/c1-11-7-12(2)22(21-11)10-17(23)20-15-9-18(3,4)24-16-6-5-13(19)8-14(15)16/h5-8,15H,9-10,19H2,1-4H3,(H,20,23). The molecule has 3 rings (SSSR count). The van der Waals surface area contributed by atoms with E-state index < -0.39 is 0 Å². The van der Waals surface area contributed by atoms with Crippen molar-refractivity contribution >= 4 is 11.6 Å². The second-order valence-electron chi connectivity index (χ2n) is 7.07. The average Bonchev–Trinajstić information content (AvgIpc) is 2.76. The highest BCUT2D eigenvalue weighted by atomic mass is 16.5. The van der Waals surface area contributed by atoms with Crippen LogP contribution in [0.2, 0.25) is 0 Å². The van der Waals surface area contributed by atoms with E-state index in [0.717, 1.165) is 22.7 Å². The second kappa shape index (κ2) is 5.85. The number of aromatic nitrogens is 2. The molecule has 0 radical (unpaired) electrons. The Labute approximate surface area is 142 Å². The summed E-state index contributed by atoms with van der Waals surface area (Å²) >= 11 is 0. The minimum atomic E-state index is -0.348. The van der Waals surface area contributed by atoms with E-state index in [1.165, 1.54) is 0 Å². The lowest BCUT2D eigenvalue weighted by molar-refractivity contribution is -0.123. The number of nitrogen functional groups attached to an aromatic ring is 1. The molecule has 0 saturated carbocycles. The van der Waals surface area contributed by atoms with Gasteiger partial charge in [0, 0.05) is 23.4 Å². The van der Waals surface area contributed by atoms with E-state index in [9.17, 15) is 4.79 Å². The number of carbonyl (C=O) groups is 1. The summed E-state index contributed by atoms with van der Waals surface area (Å²) in [5, 5.41) is 7.45. The maximum atomic E-state index is 12.5. The molecule has 24 heavy (non-hydrogen) atoms. The second-order valence-corrected chi connectivity index (χ2v) is 7.07. The monoisotopic (exact) mass is 328 g/mol. The SMILES string of the molecule is Cc1cc(C)n(CC(=O)NC2CC(C)(C)Oc3ccc(N)cc32)n1. The Morgan fingerprint density at radius 2 is 2.17 bits per heavy atom. The molecule has 0 spiro atoms. The van der Waals surface area contributed by atoms with Crippen molar-refractivity contribution in [3.8, 4) is 5.75 Å². The Balaban J connectivity index is 1.80. The molecule has 1 amide bonds. The van der Waals surface area contributed by atoms with Gasteiger partial charge in [-0.3, -0.25) is 9.48 Å². The van der Waals surface area contributed by atoms with Crippen molar-refractivity contribution in [1.29, 1.82) is 0 Å². The molecule has 128 valence electrons. The van der Waals surface area contributed by atoms with Gasteiger partial charge in [0.05, 0.1) is 11.7 Å². The first-order chi connectivity index (χ1) is 11.2. The third kappa shape index (κ3) is 3.37. The highest BCUT2D eigenvalue weighted by molar-refractivity contribution is 5.76. The molecule has 3 N–H and O–H groups in total. The molecule has 1 unspecified atom stereocenters. The van der Waals surface area contributed by atoms with Crippen LogP contribution in [0, 0.1) is 13.8 Å². The molecule has 0 saturated heterocycles. The molecule has 0 fully saturated rings. The number of nitrogens with one attached hydrogen (secondary N) is 1. The summed E-state index contributed by atoms with van der Waals surface area (Å²) in [4.78, 5) is 12.5. The molecule has 6 nitrogen and oxygen atoms in total. The van der Waals surface area contributed by atoms with E-state index in [1.54, 1.807) is 4.68 Å². The Bertz CT molecular complexity index is 779. The molecule has 6 heteroatoms. The topological polar surface area (TPSA) is 82.2 Å². The van der Waals surface area contributed by atoms with E-state index in [0.29, 0.717) is 12.1 Å². The highest BCUT2D eigenvalue weighted by Gasteiger charge is 2.34. The summed E-state index contributed by atoms with van der Waals surface area (Å²) in [6.07, 6.45) is 0.687. The van der Waals surface area contributed by atoms with Crippen molar-refractivity contribution in [3.05, 3.63) is 41.2 Å². The van der Waals surface area contributed by atoms with Gasteiger partial charge in [0.15, 0.2) is 0 Å². The van der Waals surface area contributed by atoms with E-state index in [1.807, 2.05) is 52.0 Å². The van der Waals surface area contributed by atoms with Crippen LogP contribution in [0.1, 0.15) is 43.3 Å². The normalized spacial score (nSPS) is 18.6. The number of carbonyl (C=O) groups excluding carboxylic acids is 1. The van der Waals surface area contributed by atoms with Crippen LogP contribution < -0.4 is 15.8 Å². The molecule has 1 aromatic heterocycles. The molecular formula is C18H24N4O2. The largest absolute Gasteiger partial charge is 0.487 e. The molecule has 1 aliphatic rings. The van der Waals surface area contributed by atoms with Gasteiger partial charge in [-0.25, -0.2) is 0 Å². The summed E-state index contributed by atoms with van der Waals surface area (Å²) < 4.78 is 7.72. The lowest BCUT2D eigenvalue weighted by Gasteiger charge is -2.38. The molecule has 2 heterocycles. The number of amides is 1. The quantitative estimate of drug-likeness (QED) is 0.848. The first-order valence-electron chi connectivity index (χ1n) is 8.12. The van der Waals surface area contributed by atoms with Gasteiger partial charge < -0.3 is 15.8 Å². The molecule has 0 bridgehead atoms. The van der Waals surface area contributed by atoms with Gasteiger partial charge in [-0.05, 0) is 52.0 Å². The molecule has 2 aromatic rings. The van der Waals surface area contributed by atoms with Crippen molar-refractivity contribution in [2.45, 2.75) is 52.3 Å². The van der Waals surface area contributed by atoms with Crippen molar-refractivity contribution < 1.29 is 9.53 Å². The van der Waals surface area contributed by atoms with Gasteiger partial charge in [0.25, 0.3) is 0 Å². The number of hydrogen-bond donors (Lipinski definition) is 2. The fraction of sp³-hybridized carbons (Fsp3) is 0.444. The highest BCUT2D eigenvalue weighted by Crippen LogP contribution is 2.40. The molecular weight excluding hydrogens is 304 g/mol. The predicted molar refractivity (Wildman–Crippen MR) is 92.8 cm³/mol. The molecule has 1 aromatic carbocycles. The van der Waals surface area contributed by atoms with E-state index in [4.69, 9.17) is 10.5 Å². The van der Waals surface area contributed by atoms with Crippen LogP contribution >= 0.6 is 0 Å². The number of nitrogens with zero attached hydrogens (tertiary/aromatic N) is 2. The maximum absolute atomic E-state index is 12.5. The summed E-state index contributed by atoms with van der Waals surface area (Å²) in [5.41, 5.74) is 9.03. The lowest BCUT2D eigenvalue weighted by Crippen LogP contribution is -2.42. The van der Waals surface area contributed by atoms with Crippen molar-refractivity contribution in [2.24, 2.45) is 0 Å². The summed E-state index contributed by atoms with van der Waals surface area (Å²) in [6.45, 7) is 8.11. The fourth-order valence-electron chi connectivity index (χ4n) is 3.21. The van der Waals surface area contributed by atoms with Crippen LogP contribution in [0.15, 0.2) is 24.3 Å². The van der Waals surface area contributed by atoms with Gasteiger partial charge >= 0.3 is 0 Å². The van der Waals surface area contributed by atoms with Crippen LogP contribution in [0.4, 0.5) is 5.69 Å². The number of hydrogen-bond acceptors (Lipinski definition) is 4. The van der Waals surface area contributed by atoms with Gasteiger partial charge in [-0.15, -0.1) is 0 Å². The van der Waals surface area contributed by atoms with Crippen LogP contribution in [-0.4, -0.2) is 21.3 Å². The van der Waals surface area contributed by atoms with E-state index in [2.05, 4.69) is 10.4 Å². The third-order valence-electron chi connectivity index (χ3n) is 4.22. The Hall–Kier alpha value is -2.50. The maximum Gasteiger partial charge on any atom is 0.242 e. The smallest absolute Gasteiger partial charge is 0.242 e. The van der Waals surface area contributed by atoms with Crippen molar-refractivity contribution in [1.82, 2.24) is 15.1 Å². The van der Waals surface area contributed by atoms with Crippen LogP contribution in [0.25, 0.3) is 0 Å². The molecule has 1 atom stereocenters. The van der Waals surface area contributed by atoms with E-state index in [-0.39, 0.29) is 24.1 Å². The number of benzene rings is 1. The van der Waals surface area contributed by atoms with Crippen molar-refractivity contribution in [2.75, 3.05) is 5.73 Å². The zero-order valence-corrected chi connectivity index (χ0v) is 14.6. The Morgan fingerprint density at radius 3 is 2.83 bits per heavy atom. The number of anilines is 1. The Morgan fingerprint density at radius 1 is 1.42 bits per heavy atom. The summed E-state index contributed by atoms with van der Waals surface area (Å²) in [6, 6.07) is 7.39.